The molecule has 3 saturated heterocycles. The van der Waals surface area contributed by atoms with Crippen LogP contribution in [0.15, 0.2) is 54.6 Å². The number of primary amides is 1. The van der Waals surface area contributed by atoms with Gasteiger partial charge in [0, 0.05) is 110 Å². The van der Waals surface area contributed by atoms with Gasteiger partial charge in [0.05, 0.1) is 67.5 Å². The fourth-order valence-corrected chi connectivity index (χ4v) is 15.1. The molecule has 0 aliphatic carbocycles. The minimum atomic E-state index is -1.51. The lowest BCUT2D eigenvalue weighted by Gasteiger charge is -2.41. The number of hydrogen-bond donors (Lipinski definition) is 10. The minimum Gasteiger partial charge on any atom is -0.388 e. The zero-order valence-corrected chi connectivity index (χ0v) is 63.8. The van der Waals surface area contributed by atoms with E-state index in [0.29, 0.717) is 37.8 Å². The fourth-order valence-electron chi connectivity index (χ4n) is 15.1. The molecule has 3 fully saturated rings. The highest BCUT2D eigenvalue weighted by Gasteiger charge is 2.47. The molecule has 3 aliphatic heterocycles. The van der Waals surface area contributed by atoms with E-state index < -0.39 is 132 Å². The van der Waals surface area contributed by atoms with Gasteiger partial charge in [-0.15, -0.1) is 0 Å². The summed E-state index contributed by atoms with van der Waals surface area (Å²) in [5.41, 5.74) is 13.2. The molecule has 2 aromatic rings. The Kier molecular flexibility index (Phi) is 36.1. The van der Waals surface area contributed by atoms with Crippen LogP contribution in [0.3, 0.4) is 0 Å². The first-order valence-electron chi connectivity index (χ1n) is 37.3. The molecule has 2 aromatic carbocycles. The monoisotopic (exact) mass is 1460 g/mol. The number of urea groups is 1. The van der Waals surface area contributed by atoms with Crippen LogP contribution in [0.25, 0.3) is 0 Å². The van der Waals surface area contributed by atoms with Gasteiger partial charge in [0.15, 0.2) is 11.6 Å². The number of nitrogens with two attached hydrogens (primary N) is 2. The maximum Gasteiger partial charge on any atom is 0.312 e. The van der Waals surface area contributed by atoms with E-state index in [-0.39, 0.29) is 149 Å². The Morgan fingerprint density at radius 2 is 1.26 bits per heavy atom. The SMILES string of the molecule is CC[C@H](C)C(C(CC(=O)N1CCCC1C(OC)C(C)C(=O)C[C@@H](Cc1ccccc1)C(=O)NCCc1ccc(CC(=O)C(CCCNC(N)=O)NC(=O)[C@H](CC(=O)C[C@@H]2O[C@H](CNC(=O)CC3O[C@H](CN)[C@@H](O)[C@H]3O)C(O)C2O)C(C)C)cc1)OC)N(C)C(=O)[C@@H](CC(=O)C(C(C)C)N(C)C)C(C)C. The third-order valence-corrected chi connectivity index (χ3v) is 21.4. The topological polar surface area (TPSA) is 398 Å². The van der Waals surface area contributed by atoms with Crippen LogP contribution in [-0.4, -0.2) is 247 Å². The lowest BCUT2D eigenvalue weighted by Crippen LogP contribution is -2.54. The summed E-state index contributed by atoms with van der Waals surface area (Å²) >= 11 is 0. The van der Waals surface area contributed by atoms with Gasteiger partial charge in [-0.1, -0.05) is 123 Å². The average Bonchev–Trinajstić information content (AvgIpc) is 0.993. The minimum absolute atomic E-state index is 0.00799. The molecule has 0 spiro atoms. The van der Waals surface area contributed by atoms with Crippen molar-refractivity contribution in [3.8, 4) is 0 Å². The number of methoxy groups -OCH3 is 2. The number of Topliss-reactive ketones (excluding diaryl/α,β-unsaturated/α-hetero) is 4. The standard InChI is InChI=1S/C77H123N9O18/c1-15-46(8)68(85(12)76(99)54(44(4)5)38-59(90)67(45(6)7)84(10)11)60(101-13)40-66(92)86-32-20-24-56(86)73(102-14)47(9)57(88)35-51(33-49-21-17-16-18-22-49)74(97)80-31-29-48-25-27-50(28-26-48)34-58(89)55(23-19-30-81-77(79)100)83-75(98)53(43(2)3)36-52(87)37-61-69(93)72(96)64(104-61)42-82-65(91)39-62-70(94)71(95)63(41-78)103-62/h16-18,21-22,25-28,43-47,51,53-56,60-64,67-73,93-96H,15,19-20,23-24,29-42,78H2,1-14H3,(H,80,97)(H,82,91)(H,83,98)(H3,79,81,100)/t46-,47?,51+,53+,54-,55?,56?,60?,61-,62?,63+,64+,67?,68?,69?,70-,71+,72?,73?/m0/s1. The molecule has 7 amide bonds. The summed E-state index contributed by atoms with van der Waals surface area (Å²) in [4.78, 5) is 143. The lowest BCUT2D eigenvalue weighted by atomic mass is 9.83. The Balaban J connectivity index is 1.19. The summed E-state index contributed by atoms with van der Waals surface area (Å²) in [7, 11) is 8.58. The van der Waals surface area contributed by atoms with Crippen molar-refractivity contribution in [1.82, 2.24) is 36.0 Å². The Morgan fingerprint density at radius 1 is 0.654 bits per heavy atom. The number of aliphatic hydroxyl groups is 4. The number of ether oxygens (including phenoxy) is 4. The highest BCUT2D eigenvalue weighted by atomic mass is 16.6. The second kappa shape index (κ2) is 42.6. The second-order valence-corrected chi connectivity index (χ2v) is 30.2. The van der Waals surface area contributed by atoms with E-state index >= 15 is 0 Å². The number of ketones is 4. The first-order valence-corrected chi connectivity index (χ1v) is 37.3. The van der Waals surface area contributed by atoms with Crippen molar-refractivity contribution in [3.05, 3.63) is 71.3 Å². The lowest BCUT2D eigenvalue weighted by molar-refractivity contribution is -0.149. The van der Waals surface area contributed by atoms with Crippen molar-refractivity contribution in [3.63, 3.8) is 0 Å². The van der Waals surface area contributed by atoms with Gasteiger partial charge >= 0.3 is 6.03 Å². The summed E-state index contributed by atoms with van der Waals surface area (Å²) in [5, 5.41) is 53.0. The molecule has 27 nitrogen and oxygen atoms in total. The van der Waals surface area contributed by atoms with Crippen molar-refractivity contribution in [2.24, 2.45) is 58.8 Å². The number of carbonyl (C=O) groups is 10. The number of nitrogens with one attached hydrogen (secondary N) is 4. The van der Waals surface area contributed by atoms with Gasteiger partial charge in [-0.25, -0.2) is 4.79 Å². The van der Waals surface area contributed by atoms with E-state index in [4.69, 9.17) is 30.4 Å². The van der Waals surface area contributed by atoms with E-state index in [2.05, 4.69) is 21.3 Å². The van der Waals surface area contributed by atoms with E-state index in [1.165, 1.54) is 7.11 Å². The summed E-state index contributed by atoms with van der Waals surface area (Å²) in [5.74, 6) is -6.35. The van der Waals surface area contributed by atoms with Gasteiger partial charge in [-0.2, -0.15) is 0 Å². The molecular weight excluding hydrogens is 1340 g/mol. The van der Waals surface area contributed by atoms with Gasteiger partial charge in [0.1, 0.15) is 42.1 Å². The van der Waals surface area contributed by atoms with Crippen LogP contribution in [-0.2, 0) is 81.4 Å². The molecule has 0 saturated carbocycles. The van der Waals surface area contributed by atoms with Crippen molar-refractivity contribution in [2.45, 2.75) is 237 Å². The highest BCUT2D eigenvalue weighted by Crippen LogP contribution is 2.34. The quantitative estimate of drug-likeness (QED) is 0.0426. The van der Waals surface area contributed by atoms with Crippen molar-refractivity contribution < 1.29 is 87.3 Å². The van der Waals surface area contributed by atoms with Crippen LogP contribution in [0.2, 0.25) is 0 Å². The third-order valence-electron chi connectivity index (χ3n) is 21.4. The molecule has 3 aliphatic rings. The van der Waals surface area contributed by atoms with Crippen LogP contribution in [0.4, 0.5) is 4.79 Å². The summed E-state index contributed by atoms with van der Waals surface area (Å²) in [6.07, 6.45) is -9.24. The molecule has 27 heteroatoms. The molecule has 0 bridgehead atoms. The number of likely N-dealkylation sites (N-methyl/N-ethyl adjacent to an activating group) is 2. The van der Waals surface area contributed by atoms with Crippen molar-refractivity contribution in [2.75, 3.05) is 68.1 Å². The number of hydrogen-bond acceptors (Lipinski definition) is 20. The van der Waals surface area contributed by atoms with Gasteiger partial charge in [-0.05, 0) is 93.0 Å². The van der Waals surface area contributed by atoms with Crippen LogP contribution >= 0.6 is 0 Å². The third kappa shape index (κ3) is 25.2. The summed E-state index contributed by atoms with van der Waals surface area (Å²) < 4.78 is 23.6. The fraction of sp³-hybridized carbons (Fsp3) is 0.714. The average molecular weight is 1460 g/mol. The normalized spacial score (nSPS) is 23.3. The van der Waals surface area contributed by atoms with Crippen LogP contribution in [0.5, 0.6) is 0 Å². The van der Waals surface area contributed by atoms with Crippen LogP contribution < -0.4 is 32.7 Å². The molecule has 584 valence electrons. The molecule has 3 heterocycles. The molecule has 104 heavy (non-hydrogen) atoms. The summed E-state index contributed by atoms with van der Waals surface area (Å²) in [6, 6.07) is 13.6. The van der Waals surface area contributed by atoms with Crippen LogP contribution in [0.1, 0.15) is 150 Å². The molecular formula is C77H123N9O18. The smallest absolute Gasteiger partial charge is 0.312 e. The number of benzene rings is 2. The number of nitrogens with zero attached hydrogens (tertiary/aromatic N) is 3. The van der Waals surface area contributed by atoms with Gasteiger partial charge < -0.3 is 81.9 Å². The molecule has 10 unspecified atom stereocenters. The van der Waals surface area contributed by atoms with E-state index in [0.717, 1.165) is 11.1 Å². The number of amides is 7. The Bertz CT molecular complexity index is 3100. The predicted octanol–water partition coefficient (Wildman–Crippen LogP) is 3.01. The maximum absolute atomic E-state index is 14.7. The Hall–Kier alpha value is -6.66. The molecule has 5 rings (SSSR count). The first-order chi connectivity index (χ1) is 49.2. The van der Waals surface area contributed by atoms with Gasteiger partial charge in [-0.3, -0.25) is 48.1 Å². The van der Waals surface area contributed by atoms with E-state index in [1.807, 2.05) is 103 Å². The Labute approximate surface area is 615 Å². The number of carbonyl (C=O) groups excluding carboxylic acids is 10. The number of likely N-dealkylation sites (tertiary alicyclic amines) is 1. The van der Waals surface area contributed by atoms with E-state index in [1.54, 1.807) is 56.9 Å². The van der Waals surface area contributed by atoms with Crippen molar-refractivity contribution >= 4 is 58.7 Å². The first kappa shape index (κ1) is 88.0. The molecule has 0 aromatic heterocycles. The maximum atomic E-state index is 14.7. The Morgan fingerprint density at radius 3 is 1.83 bits per heavy atom. The largest absolute Gasteiger partial charge is 0.388 e. The van der Waals surface area contributed by atoms with Gasteiger partial charge in [0.2, 0.25) is 29.5 Å². The van der Waals surface area contributed by atoms with E-state index in [9.17, 15) is 68.4 Å². The number of rotatable bonds is 45. The summed E-state index contributed by atoms with van der Waals surface area (Å²) in [6.45, 7) is 17.7. The zero-order valence-electron chi connectivity index (χ0n) is 63.8. The van der Waals surface area contributed by atoms with Crippen LogP contribution in [0, 0.1) is 47.3 Å². The highest BCUT2D eigenvalue weighted by molar-refractivity contribution is 5.93. The zero-order chi connectivity index (χ0) is 77.4. The number of aliphatic hydroxyl groups excluding tert-OH is 4. The van der Waals surface area contributed by atoms with Crippen molar-refractivity contribution in [1.29, 1.82) is 0 Å². The predicted molar refractivity (Wildman–Crippen MR) is 391 cm³/mol. The molecule has 19 atom stereocenters. The molecule has 12 N–H and O–H groups in total. The second-order valence-electron chi connectivity index (χ2n) is 30.2. The molecule has 0 radical (unpaired) electrons. The van der Waals surface area contributed by atoms with Gasteiger partial charge in [0.25, 0.3) is 0 Å².